The van der Waals surface area contributed by atoms with Crippen molar-refractivity contribution in [3.8, 4) is 5.75 Å². The monoisotopic (exact) mass is 484 g/mol. The van der Waals surface area contributed by atoms with Gasteiger partial charge in [-0.1, -0.05) is 47.8 Å². The molecule has 2 aromatic carbocycles. The summed E-state index contributed by atoms with van der Waals surface area (Å²) in [6.07, 6.45) is 0.423. The van der Waals surface area contributed by atoms with Crippen molar-refractivity contribution in [3.63, 3.8) is 0 Å². The van der Waals surface area contributed by atoms with Crippen LogP contribution >= 0.6 is 34.8 Å². The molecule has 8 heteroatoms. The third kappa shape index (κ3) is 7.03. The normalized spacial score (nSPS) is 11.9. The number of rotatable bonds is 9. The smallest absolute Gasteiger partial charge is 0.261 e. The molecule has 0 aromatic heterocycles. The van der Waals surface area contributed by atoms with Crippen LogP contribution in [-0.4, -0.2) is 35.4 Å². The van der Waals surface area contributed by atoms with E-state index in [4.69, 9.17) is 39.5 Å². The highest BCUT2D eigenvalue weighted by molar-refractivity contribution is 6.36. The molecular formula is C23H27Cl3N2O3. The molecule has 31 heavy (non-hydrogen) atoms. The molecule has 0 bridgehead atoms. The average molecular weight is 486 g/mol. The number of benzene rings is 2. The quantitative estimate of drug-likeness (QED) is 0.498. The maximum Gasteiger partial charge on any atom is 0.261 e. The van der Waals surface area contributed by atoms with Crippen molar-refractivity contribution in [1.29, 1.82) is 0 Å². The van der Waals surface area contributed by atoms with Crippen molar-refractivity contribution in [3.05, 3.63) is 62.6 Å². The van der Waals surface area contributed by atoms with Crippen LogP contribution in [0.15, 0.2) is 36.4 Å². The molecule has 0 spiro atoms. The molecular weight excluding hydrogens is 459 g/mol. The fraction of sp³-hybridized carbons (Fsp3) is 0.391. The summed E-state index contributed by atoms with van der Waals surface area (Å²) in [4.78, 5) is 27.5. The van der Waals surface area contributed by atoms with Crippen molar-refractivity contribution < 1.29 is 14.3 Å². The second-order valence-electron chi connectivity index (χ2n) is 7.51. The molecule has 0 fully saturated rings. The van der Waals surface area contributed by atoms with E-state index >= 15 is 0 Å². The van der Waals surface area contributed by atoms with E-state index in [2.05, 4.69) is 5.32 Å². The summed E-state index contributed by atoms with van der Waals surface area (Å²) in [5.74, 6) is -0.0728. The Kier molecular flexibility index (Phi) is 9.48. The van der Waals surface area contributed by atoms with Crippen LogP contribution in [0, 0.1) is 6.92 Å². The van der Waals surface area contributed by atoms with E-state index in [9.17, 15) is 9.59 Å². The van der Waals surface area contributed by atoms with Gasteiger partial charge in [0.2, 0.25) is 5.91 Å². The number of halogens is 3. The molecule has 0 unspecified atom stereocenters. The van der Waals surface area contributed by atoms with Crippen LogP contribution in [-0.2, 0) is 16.1 Å². The van der Waals surface area contributed by atoms with Gasteiger partial charge in [0.1, 0.15) is 11.8 Å². The van der Waals surface area contributed by atoms with E-state index in [0.717, 1.165) is 5.56 Å². The van der Waals surface area contributed by atoms with Crippen LogP contribution < -0.4 is 10.1 Å². The Bertz CT molecular complexity index is 914. The van der Waals surface area contributed by atoms with Crippen molar-refractivity contribution in [2.75, 3.05) is 6.61 Å². The topological polar surface area (TPSA) is 58.6 Å². The van der Waals surface area contributed by atoms with Crippen LogP contribution in [0.25, 0.3) is 0 Å². The van der Waals surface area contributed by atoms with Gasteiger partial charge in [-0.05, 0) is 63.1 Å². The second kappa shape index (κ2) is 11.6. The summed E-state index contributed by atoms with van der Waals surface area (Å²) >= 11 is 18.7. The van der Waals surface area contributed by atoms with Gasteiger partial charge in [0.25, 0.3) is 5.91 Å². The number of hydrogen-bond donors (Lipinski definition) is 1. The number of nitrogens with one attached hydrogen (secondary N) is 1. The minimum Gasteiger partial charge on any atom is -0.484 e. The molecule has 2 aromatic rings. The molecule has 2 rings (SSSR count). The van der Waals surface area contributed by atoms with E-state index in [1.165, 1.54) is 4.90 Å². The van der Waals surface area contributed by atoms with E-state index in [-0.39, 0.29) is 31.0 Å². The molecule has 0 aliphatic heterocycles. The minimum atomic E-state index is -0.696. The standard InChI is InChI=1S/C23H27Cl3N2O3/c1-5-21(23(30)27-14(2)3)28(12-17-19(25)7-6-8-20(17)26)22(29)13-31-16-9-10-18(24)15(4)11-16/h6-11,14,21H,5,12-13H2,1-4H3,(H,27,30)/t21-/m0/s1. The van der Waals surface area contributed by atoms with Gasteiger partial charge < -0.3 is 15.0 Å². The first-order chi connectivity index (χ1) is 14.6. The van der Waals surface area contributed by atoms with Gasteiger partial charge in [-0.15, -0.1) is 0 Å². The Balaban J connectivity index is 2.29. The van der Waals surface area contributed by atoms with Gasteiger partial charge >= 0.3 is 0 Å². The van der Waals surface area contributed by atoms with Crippen LogP contribution in [0.3, 0.4) is 0 Å². The molecule has 1 atom stereocenters. The number of carbonyl (C=O) groups is 2. The molecule has 2 amide bonds. The fourth-order valence-electron chi connectivity index (χ4n) is 3.09. The van der Waals surface area contributed by atoms with Crippen LogP contribution in [0.1, 0.15) is 38.3 Å². The third-order valence-corrected chi connectivity index (χ3v) is 5.83. The summed E-state index contributed by atoms with van der Waals surface area (Å²) < 4.78 is 5.69. The lowest BCUT2D eigenvalue weighted by atomic mass is 10.1. The molecule has 5 nitrogen and oxygen atoms in total. The SMILES string of the molecule is CC[C@@H](C(=O)NC(C)C)N(Cc1c(Cl)cccc1Cl)C(=O)COc1ccc(Cl)c(C)c1. The highest BCUT2D eigenvalue weighted by atomic mass is 35.5. The zero-order chi connectivity index (χ0) is 23.1. The third-order valence-electron chi connectivity index (χ3n) is 4.70. The second-order valence-corrected chi connectivity index (χ2v) is 8.73. The van der Waals surface area contributed by atoms with E-state index in [1.54, 1.807) is 36.4 Å². The molecule has 0 saturated heterocycles. The van der Waals surface area contributed by atoms with Gasteiger partial charge in [0, 0.05) is 33.2 Å². The van der Waals surface area contributed by atoms with E-state index < -0.39 is 6.04 Å². The Morgan fingerprint density at radius 2 is 1.71 bits per heavy atom. The summed E-state index contributed by atoms with van der Waals surface area (Å²) in [6, 6.07) is 9.54. The Morgan fingerprint density at radius 3 is 2.26 bits per heavy atom. The Hall–Kier alpha value is -1.95. The Morgan fingerprint density at radius 1 is 1.06 bits per heavy atom. The predicted molar refractivity (Wildman–Crippen MR) is 126 cm³/mol. The summed E-state index contributed by atoms with van der Waals surface area (Å²) in [5, 5.41) is 4.35. The summed E-state index contributed by atoms with van der Waals surface area (Å²) in [6.45, 7) is 7.29. The van der Waals surface area contributed by atoms with E-state index in [0.29, 0.717) is 32.8 Å². The van der Waals surface area contributed by atoms with Crippen molar-refractivity contribution >= 4 is 46.6 Å². The van der Waals surface area contributed by atoms with Crippen LogP contribution in [0.2, 0.25) is 15.1 Å². The maximum absolute atomic E-state index is 13.2. The van der Waals surface area contributed by atoms with Gasteiger partial charge in [0.15, 0.2) is 6.61 Å². The minimum absolute atomic E-state index is 0.0595. The lowest BCUT2D eigenvalue weighted by molar-refractivity contribution is -0.143. The van der Waals surface area contributed by atoms with E-state index in [1.807, 2.05) is 27.7 Å². The molecule has 1 N–H and O–H groups in total. The lowest BCUT2D eigenvalue weighted by Gasteiger charge is -2.31. The van der Waals surface area contributed by atoms with Gasteiger partial charge in [-0.25, -0.2) is 0 Å². The number of amides is 2. The first kappa shape index (κ1) is 25.3. The average Bonchev–Trinajstić information content (AvgIpc) is 2.70. The number of nitrogens with zero attached hydrogens (tertiary/aromatic N) is 1. The fourth-order valence-corrected chi connectivity index (χ4v) is 3.72. The van der Waals surface area contributed by atoms with Crippen molar-refractivity contribution in [2.24, 2.45) is 0 Å². The molecule has 0 heterocycles. The molecule has 0 aliphatic carbocycles. The van der Waals surface area contributed by atoms with Crippen molar-refractivity contribution in [1.82, 2.24) is 10.2 Å². The van der Waals surface area contributed by atoms with Crippen LogP contribution in [0.4, 0.5) is 0 Å². The Labute approximate surface area is 198 Å². The number of aryl methyl sites for hydroxylation is 1. The highest BCUT2D eigenvalue weighted by Gasteiger charge is 2.30. The first-order valence-corrected chi connectivity index (χ1v) is 11.2. The zero-order valence-corrected chi connectivity index (χ0v) is 20.3. The summed E-state index contributed by atoms with van der Waals surface area (Å²) in [7, 11) is 0. The highest BCUT2D eigenvalue weighted by Crippen LogP contribution is 2.27. The van der Waals surface area contributed by atoms with Gasteiger partial charge in [0.05, 0.1) is 0 Å². The van der Waals surface area contributed by atoms with Crippen LogP contribution in [0.5, 0.6) is 5.75 Å². The lowest BCUT2D eigenvalue weighted by Crippen LogP contribution is -2.51. The molecule has 168 valence electrons. The number of ether oxygens (including phenoxy) is 1. The molecule has 0 saturated carbocycles. The first-order valence-electron chi connectivity index (χ1n) is 10.1. The zero-order valence-electron chi connectivity index (χ0n) is 18.0. The largest absolute Gasteiger partial charge is 0.484 e. The van der Waals surface area contributed by atoms with Gasteiger partial charge in [-0.2, -0.15) is 0 Å². The van der Waals surface area contributed by atoms with Gasteiger partial charge in [-0.3, -0.25) is 9.59 Å². The number of carbonyl (C=O) groups excluding carboxylic acids is 2. The number of hydrogen-bond acceptors (Lipinski definition) is 3. The molecule has 0 aliphatic rings. The molecule has 0 radical (unpaired) electrons. The maximum atomic E-state index is 13.2. The predicted octanol–water partition coefficient (Wildman–Crippen LogP) is 5.67. The van der Waals surface area contributed by atoms with Crippen molar-refractivity contribution in [2.45, 2.75) is 52.7 Å². The summed E-state index contributed by atoms with van der Waals surface area (Å²) in [5.41, 5.74) is 1.42.